The molecular formula is C12H14ClN3. The Balaban J connectivity index is 2.86. The van der Waals surface area contributed by atoms with Crippen molar-refractivity contribution >= 4 is 33.9 Å². The Morgan fingerprint density at radius 2 is 2.06 bits per heavy atom. The van der Waals surface area contributed by atoms with E-state index < -0.39 is 0 Å². The molecule has 0 aliphatic heterocycles. The molecule has 0 amide bonds. The lowest BCUT2D eigenvalue weighted by Gasteiger charge is -2.16. The second-order valence-corrected chi connectivity index (χ2v) is 4.21. The molecular weight excluding hydrogens is 222 g/mol. The molecule has 0 spiro atoms. The van der Waals surface area contributed by atoms with Crippen LogP contribution >= 0.6 is 11.6 Å². The maximum Gasteiger partial charge on any atom is 0.137 e. The largest absolute Gasteiger partial charge is 0.386 e. The van der Waals surface area contributed by atoms with Crippen molar-refractivity contribution in [2.45, 2.75) is 0 Å². The fourth-order valence-electron chi connectivity index (χ4n) is 1.77. The summed E-state index contributed by atoms with van der Waals surface area (Å²) in [7, 11) is 5.81. The lowest BCUT2D eigenvalue weighted by molar-refractivity contribution is 1.08. The molecule has 2 rings (SSSR count). The third-order valence-electron chi connectivity index (χ3n) is 2.54. The minimum atomic E-state index is 0.728. The van der Waals surface area contributed by atoms with Gasteiger partial charge in [0.25, 0.3) is 0 Å². The van der Waals surface area contributed by atoms with E-state index in [1.165, 1.54) is 0 Å². The van der Waals surface area contributed by atoms with Crippen molar-refractivity contribution in [2.24, 2.45) is 0 Å². The molecule has 4 heteroatoms. The summed E-state index contributed by atoms with van der Waals surface area (Å²) in [5.41, 5.74) is 0.989. The van der Waals surface area contributed by atoms with Crippen LogP contribution in [0.3, 0.4) is 0 Å². The number of pyridine rings is 1. The van der Waals surface area contributed by atoms with Crippen molar-refractivity contribution in [3.63, 3.8) is 0 Å². The predicted octanol–water partition coefficient (Wildman–Crippen LogP) is 3.00. The van der Waals surface area contributed by atoms with Crippen LogP contribution in [-0.4, -0.2) is 26.1 Å². The van der Waals surface area contributed by atoms with Gasteiger partial charge >= 0.3 is 0 Å². The first kappa shape index (κ1) is 11.0. The second kappa shape index (κ2) is 4.18. The average Bonchev–Trinajstić information content (AvgIpc) is 2.28. The van der Waals surface area contributed by atoms with E-state index >= 15 is 0 Å². The van der Waals surface area contributed by atoms with Crippen molar-refractivity contribution in [1.82, 2.24) is 4.98 Å². The third kappa shape index (κ3) is 1.67. The van der Waals surface area contributed by atoms with Gasteiger partial charge in [-0.25, -0.2) is 4.98 Å². The minimum Gasteiger partial charge on any atom is -0.386 e. The Hall–Kier alpha value is -1.48. The van der Waals surface area contributed by atoms with Crippen LogP contribution in [0.15, 0.2) is 24.4 Å². The molecule has 1 aromatic carbocycles. The second-order valence-electron chi connectivity index (χ2n) is 3.80. The number of rotatable bonds is 2. The molecule has 0 saturated carbocycles. The Kier molecular flexibility index (Phi) is 2.88. The summed E-state index contributed by atoms with van der Waals surface area (Å²) in [5, 5.41) is 5.93. The standard InChI is InChI=1S/C12H14ClN3/c1-14-10-7-15-12(16(2)3)11-8(10)5-4-6-9(11)13/h4-7,14H,1-3H3. The van der Waals surface area contributed by atoms with Crippen molar-refractivity contribution in [2.75, 3.05) is 31.4 Å². The maximum atomic E-state index is 6.24. The molecule has 0 unspecified atom stereocenters. The van der Waals surface area contributed by atoms with Gasteiger partial charge in [0.1, 0.15) is 5.82 Å². The molecule has 1 N–H and O–H groups in total. The van der Waals surface area contributed by atoms with E-state index in [4.69, 9.17) is 11.6 Å². The molecule has 2 aromatic rings. The molecule has 84 valence electrons. The number of hydrogen-bond donors (Lipinski definition) is 1. The van der Waals surface area contributed by atoms with Gasteiger partial charge in [0.2, 0.25) is 0 Å². The van der Waals surface area contributed by atoms with Gasteiger partial charge in [-0.2, -0.15) is 0 Å². The highest BCUT2D eigenvalue weighted by Gasteiger charge is 2.10. The van der Waals surface area contributed by atoms with Gasteiger partial charge in [0.15, 0.2) is 0 Å². The molecule has 0 radical (unpaired) electrons. The van der Waals surface area contributed by atoms with Crippen LogP contribution in [0.2, 0.25) is 5.02 Å². The van der Waals surface area contributed by atoms with Crippen LogP contribution in [0.1, 0.15) is 0 Å². The van der Waals surface area contributed by atoms with Crippen molar-refractivity contribution in [3.8, 4) is 0 Å². The molecule has 1 heterocycles. The average molecular weight is 236 g/mol. The van der Waals surface area contributed by atoms with Gasteiger partial charge < -0.3 is 10.2 Å². The van der Waals surface area contributed by atoms with E-state index in [9.17, 15) is 0 Å². The number of halogens is 1. The monoisotopic (exact) mass is 235 g/mol. The summed E-state index contributed by atoms with van der Waals surface area (Å²) >= 11 is 6.24. The lowest BCUT2D eigenvalue weighted by Crippen LogP contribution is -2.11. The molecule has 0 atom stereocenters. The first-order valence-electron chi connectivity index (χ1n) is 5.07. The van der Waals surface area contributed by atoms with Crippen molar-refractivity contribution < 1.29 is 0 Å². The summed E-state index contributed by atoms with van der Waals surface area (Å²) in [4.78, 5) is 6.38. The topological polar surface area (TPSA) is 28.2 Å². The normalized spacial score (nSPS) is 10.5. The number of benzene rings is 1. The lowest BCUT2D eigenvalue weighted by atomic mass is 10.1. The fraction of sp³-hybridized carbons (Fsp3) is 0.250. The Bertz CT molecular complexity index is 523. The van der Waals surface area contributed by atoms with Gasteiger partial charge in [-0.15, -0.1) is 0 Å². The van der Waals surface area contributed by atoms with E-state index in [-0.39, 0.29) is 0 Å². The summed E-state index contributed by atoms with van der Waals surface area (Å²) in [6.45, 7) is 0. The highest BCUT2D eigenvalue weighted by molar-refractivity contribution is 6.37. The minimum absolute atomic E-state index is 0.728. The zero-order valence-corrected chi connectivity index (χ0v) is 10.3. The van der Waals surface area contributed by atoms with E-state index in [1.807, 2.05) is 50.4 Å². The van der Waals surface area contributed by atoms with E-state index in [2.05, 4.69) is 10.3 Å². The van der Waals surface area contributed by atoms with Crippen LogP contribution in [0.4, 0.5) is 11.5 Å². The number of anilines is 2. The first-order chi connectivity index (χ1) is 7.65. The van der Waals surface area contributed by atoms with Gasteiger partial charge in [-0.05, 0) is 6.07 Å². The SMILES string of the molecule is CNc1cnc(N(C)C)c2c(Cl)cccc12. The number of nitrogens with zero attached hydrogens (tertiary/aromatic N) is 2. The summed E-state index contributed by atoms with van der Waals surface area (Å²) < 4.78 is 0. The van der Waals surface area contributed by atoms with Crippen molar-refractivity contribution in [1.29, 1.82) is 0 Å². The van der Waals surface area contributed by atoms with Gasteiger partial charge in [-0.3, -0.25) is 0 Å². The molecule has 16 heavy (non-hydrogen) atoms. The number of fused-ring (bicyclic) bond motifs is 1. The Labute approximate surface area is 100 Å². The molecule has 0 bridgehead atoms. The number of hydrogen-bond acceptors (Lipinski definition) is 3. The first-order valence-corrected chi connectivity index (χ1v) is 5.45. The highest BCUT2D eigenvalue weighted by atomic mass is 35.5. The molecule has 0 aliphatic rings. The zero-order valence-electron chi connectivity index (χ0n) is 9.58. The van der Waals surface area contributed by atoms with Gasteiger partial charge in [-0.1, -0.05) is 23.7 Å². The number of nitrogens with one attached hydrogen (secondary N) is 1. The Morgan fingerprint density at radius 3 is 2.69 bits per heavy atom. The molecule has 3 nitrogen and oxygen atoms in total. The fourth-order valence-corrected chi connectivity index (χ4v) is 2.03. The predicted molar refractivity (Wildman–Crippen MR) is 70.6 cm³/mol. The van der Waals surface area contributed by atoms with Crippen LogP contribution in [-0.2, 0) is 0 Å². The van der Waals surface area contributed by atoms with E-state index in [0.29, 0.717) is 0 Å². The van der Waals surface area contributed by atoms with E-state index in [0.717, 1.165) is 27.3 Å². The molecule has 0 saturated heterocycles. The van der Waals surface area contributed by atoms with Crippen molar-refractivity contribution in [3.05, 3.63) is 29.4 Å². The number of aromatic nitrogens is 1. The summed E-state index contributed by atoms with van der Waals surface area (Å²) in [6.07, 6.45) is 1.83. The quantitative estimate of drug-likeness (QED) is 0.868. The van der Waals surface area contributed by atoms with Crippen LogP contribution < -0.4 is 10.2 Å². The smallest absolute Gasteiger partial charge is 0.137 e. The van der Waals surface area contributed by atoms with Crippen LogP contribution in [0, 0.1) is 0 Å². The van der Waals surface area contributed by atoms with Gasteiger partial charge in [0.05, 0.1) is 16.9 Å². The highest BCUT2D eigenvalue weighted by Crippen LogP contribution is 2.34. The summed E-state index contributed by atoms with van der Waals surface area (Å²) in [6, 6.07) is 5.88. The molecule has 0 fully saturated rings. The molecule has 0 aliphatic carbocycles. The molecule has 1 aromatic heterocycles. The summed E-state index contributed by atoms with van der Waals surface area (Å²) in [5.74, 6) is 0.889. The maximum absolute atomic E-state index is 6.24. The Morgan fingerprint density at radius 1 is 1.31 bits per heavy atom. The van der Waals surface area contributed by atoms with Crippen LogP contribution in [0.5, 0.6) is 0 Å². The van der Waals surface area contributed by atoms with Crippen LogP contribution in [0.25, 0.3) is 10.8 Å². The zero-order chi connectivity index (χ0) is 11.7. The third-order valence-corrected chi connectivity index (χ3v) is 2.85. The van der Waals surface area contributed by atoms with E-state index in [1.54, 1.807) is 0 Å². The van der Waals surface area contributed by atoms with Gasteiger partial charge in [0, 0.05) is 31.9 Å².